The maximum atomic E-state index is 12.8. The monoisotopic (exact) mass is 365 g/mol. The van der Waals surface area contributed by atoms with Gasteiger partial charge >= 0.3 is 0 Å². The fraction of sp³-hybridized carbons (Fsp3) is 0.684. The first kappa shape index (κ1) is 18.8. The van der Waals surface area contributed by atoms with Crippen LogP contribution in [0.4, 0.5) is 0 Å². The van der Waals surface area contributed by atoms with E-state index in [1.165, 1.54) is 0 Å². The van der Waals surface area contributed by atoms with Gasteiger partial charge in [-0.25, -0.2) is 8.42 Å². The van der Waals surface area contributed by atoms with E-state index < -0.39 is 10.0 Å². The van der Waals surface area contributed by atoms with Gasteiger partial charge in [-0.3, -0.25) is 4.90 Å². The summed E-state index contributed by atoms with van der Waals surface area (Å²) < 4.78 is 27.3. The van der Waals surface area contributed by atoms with E-state index >= 15 is 0 Å². The number of sulfonamides is 1. The summed E-state index contributed by atoms with van der Waals surface area (Å²) in [6.07, 6.45) is 4.01. The molecular formula is C19H31N3O2S. The van der Waals surface area contributed by atoms with Crippen molar-refractivity contribution in [2.24, 2.45) is 11.7 Å². The molecule has 2 fully saturated rings. The highest BCUT2D eigenvalue weighted by molar-refractivity contribution is 7.89. The van der Waals surface area contributed by atoms with Crippen molar-refractivity contribution < 1.29 is 8.42 Å². The molecule has 0 aromatic heterocycles. The van der Waals surface area contributed by atoms with Crippen molar-refractivity contribution in [3.8, 4) is 0 Å². The summed E-state index contributed by atoms with van der Waals surface area (Å²) in [5.74, 6) is 0.572. The lowest BCUT2D eigenvalue weighted by Gasteiger charge is -2.43. The van der Waals surface area contributed by atoms with Crippen molar-refractivity contribution in [1.29, 1.82) is 0 Å². The number of nitrogens with two attached hydrogens (primary N) is 1. The van der Waals surface area contributed by atoms with E-state index in [0.717, 1.165) is 44.3 Å². The Morgan fingerprint density at radius 2 is 1.72 bits per heavy atom. The molecular weight excluding hydrogens is 334 g/mol. The molecule has 2 atom stereocenters. The number of aryl methyl sites for hydroxylation is 1. The maximum Gasteiger partial charge on any atom is 0.243 e. The number of hydrogen-bond donors (Lipinski definition) is 1. The van der Waals surface area contributed by atoms with Gasteiger partial charge in [-0.05, 0) is 50.8 Å². The van der Waals surface area contributed by atoms with Gasteiger partial charge in [0.05, 0.1) is 4.90 Å². The minimum atomic E-state index is -3.36. The smallest absolute Gasteiger partial charge is 0.243 e. The number of nitrogens with zero attached hydrogens (tertiary/aromatic N) is 2. The molecule has 1 aromatic carbocycles. The molecule has 2 N–H and O–H groups in total. The Balaban J connectivity index is 1.61. The van der Waals surface area contributed by atoms with Crippen molar-refractivity contribution in [3.05, 3.63) is 29.8 Å². The van der Waals surface area contributed by atoms with E-state index in [9.17, 15) is 8.42 Å². The number of rotatable bonds is 4. The number of piperidine rings is 2. The first-order chi connectivity index (χ1) is 11.9. The average Bonchev–Trinajstić information content (AvgIpc) is 2.62. The van der Waals surface area contributed by atoms with Crippen LogP contribution in [0.3, 0.4) is 0 Å². The minimum absolute atomic E-state index is 0.322. The fourth-order valence-electron chi connectivity index (χ4n) is 4.15. The Morgan fingerprint density at radius 3 is 2.32 bits per heavy atom. The van der Waals surface area contributed by atoms with Crippen molar-refractivity contribution in [1.82, 2.24) is 9.21 Å². The Hall–Kier alpha value is -0.950. The van der Waals surface area contributed by atoms with Gasteiger partial charge in [0.2, 0.25) is 10.0 Å². The predicted octanol–water partition coefficient (Wildman–Crippen LogP) is 2.21. The molecule has 2 aliphatic heterocycles. The lowest BCUT2D eigenvalue weighted by Crippen LogP contribution is -2.53. The highest BCUT2D eigenvalue weighted by Gasteiger charge is 2.34. The highest BCUT2D eigenvalue weighted by atomic mass is 32.2. The molecule has 0 aliphatic carbocycles. The second-order valence-electron chi connectivity index (χ2n) is 7.56. The van der Waals surface area contributed by atoms with Gasteiger partial charge in [0.15, 0.2) is 0 Å². The van der Waals surface area contributed by atoms with Gasteiger partial charge in [-0.2, -0.15) is 4.31 Å². The number of benzene rings is 1. The molecule has 1 aromatic rings. The molecule has 0 radical (unpaired) electrons. The minimum Gasteiger partial charge on any atom is -0.327 e. The second-order valence-corrected chi connectivity index (χ2v) is 9.50. The van der Waals surface area contributed by atoms with Crippen LogP contribution < -0.4 is 5.73 Å². The average molecular weight is 366 g/mol. The predicted molar refractivity (Wildman–Crippen MR) is 101 cm³/mol. The molecule has 5 nitrogen and oxygen atoms in total. The molecule has 2 heterocycles. The van der Waals surface area contributed by atoms with Crippen LogP contribution in [0, 0.1) is 12.8 Å². The SMILES string of the molecule is CCC1CN(C2CCN(S(=O)(=O)c3ccc(C)cc3)CC2)CCC1N. The van der Waals surface area contributed by atoms with Crippen molar-refractivity contribution in [3.63, 3.8) is 0 Å². The van der Waals surface area contributed by atoms with Gasteiger partial charge in [0.1, 0.15) is 0 Å². The van der Waals surface area contributed by atoms with E-state index in [-0.39, 0.29) is 0 Å². The summed E-state index contributed by atoms with van der Waals surface area (Å²) in [6.45, 7) is 7.52. The molecule has 0 amide bonds. The zero-order valence-electron chi connectivity index (χ0n) is 15.4. The first-order valence-electron chi connectivity index (χ1n) is 9.48. The van der Waals surface area contributed by atoms with Gasteiger partial charge < -0.3 is 5.73 Å². The zero-order chi connectivity index (χ0) is 18.0. The molecule has 2 unspecified atom stereocenters. The number of likely N-dealkylation sites (tertiary alicyclic amines) is 1. The Morgan fingerprint density at radius 1 is 1.08 bits per heavy atom. The Kier molecular flexibility index (Phi) is 5.83. The van der Waals surface area contributed by atoms with Gasteiger partial charge in [-0.1, -0.05) is 31.0 Å². The third-order valence-electron chi connectivity index (χ3n) is 5.95. The number of hydrogen-bond acceptors (Lipinski definition) is 4. The molecule has 25 heavy (non-hydrogen) atoms. The summed E-state index contributed by atoms with van der Waals surface area (Å²) in [7, 11) is -3.36. The summed E-state index contributed by atoms with van der Waals surface area (Å²) in [4.78, 5) is 2.96. The zero-order valence-corrected chi connectivity index (χ0v) is 16.2. The van der Waals surface area contributed by atoms with Crippen LogP contribution in [0.1, 0.15) is 38.2 Å². The van der Waals surface area contributed by atoms with Gasteiger partial charge in [0, 0.05) is 31.7 Å². The van der Waals surface area contributed by atoms with Crippen LogP contribution in [0.25, 0.3) is 0 Å². The van der Waals surface area contributed by atoms with Crippen LogP contribution in [0.2, 0.25) is 0 Å². The normalized spacial score (nSPS) is 27.5. The third kappa shape index (κ3) is 4.08. The van der Waals surface area contributed by atoms with Crippen molar-refractivity contribution in [2.75, 3.05) is 26.2 Å². The standard InChI is InChI=1S/C19H31N3O2S/c1-3-16-14-21(11-10-19(16)20)17-8-12-22(13-9-17)25(23,24)18-6-4-15(2)5-7-18/h4-7,16-17,19H,3,8-14,20H2,1-2H3. The Labute approximate surface area is 152 Å². The van der Waals surface area contributed by atoms with E-state index in [1.807, 2.05) is 19.1 Å². The summed E-state index contributed by atoms with van der Waals surface area (Å²) in [5, 5.41) is 0. The lowest BCUT2D eigenvalue weighted by molar-refractivity contribution is 0.0781. The topological polar surface area (TPSA) is 66.6 Å². The molecule has 2 aliphatic rings. The Bertz CT molecular complexity index is 666. The van der Waals surface area contributed by atoms with E-state index in [0.29, 0.717) is 36.0 Å². The lowest BCUT2D eigenvalue weighted by atomic mass is 9.88. The highest BCUT2D eigenvalue weighted by Crippen LogP contribution is 2.27. The second kappa shape index (κ2) is 7.74. The van der Waals surface area contributed by atoms with Crippen LogP contribution in [-0.4, -0.2) is 55.9 Å². The van der Waals surface area contributed by atoms with E-state index in [1.54, 1.807) is 16.4 Å². The van der Waals surface area contributed by atoms with Gasteiger partial charge in [-0.15, -0.1) is 0 Å². The molecule has 0 spiro atoms. The van der Waals surface area contributed by atoms with Gasteiger partial charge in [0.25, 0.3) is 0 Å². The molecule has 2 saturated heterocycles. The molecule has 3 rings (SSSR count). The largest absolute Gasteiger partial charge is 0.327 e. The fourth-order valence-corrected chi connectivity index (χ4v) is 5.62. The van der Waals surface area contributed by atoms with E-state index in [2.05, 4.69) is 11.8 Å². The van der Waals surface area contributed by atoms with Crippen molar-refractivity contribution in [2.45, 2.75) is 56.5 Å². The van der Waals surface area contributed by atoms with Crippen molar-refractivity contribution >= 4 is 10.0 Å². The molecule has 0 bridgehead atoms. The molecule has 6 heteroatoms. The molecule has 140 valence electrons. The molecule has 0 saturated carbocycles. The summed E-state index contributed by atoms with van der Waals surface area (Å²) in [6, 6.07) is 7.97. The van der Waals surface area contributed by atoms with Crippen LogP contribution in [0.5, 0.6) is 0 Å². The third-order valence-corrected chi connectivity index (χ3v) is 7.86. The summed E-state index contributed by atoms with van der Waals surface area (Å²) >= 11 is 0. The van der Waals surface area contributed by atoms with Crippen LogP contribution in [0.15, 0.2) is 29.2 Å². The van der Waals surface area contributed by atoms with Crippen LogP contribution in [-0.2, 0) is 10.0 Å². The summed E-state index contributed by atoms with van der Waals surface area (Å²) in [5.41, 5.74) is 7.30. The van der Waals surface area contributed by atoms with Crippen LogP contribution >= 0.6 is 0 Å². The first-order valence-corrected chi connectivity index (χ1v) is 10.9. The maximum absolute atomic E-state index is 12.8. The van der Waals surface area contributed by atoms with E-state index in [4.69, 9.17) is 5.73 Å². The quantitative estimate of drug-likeness (QED) is 0.888.